The topological polar surface area (TPSA) is 127 Å². The summed E-state index contributed by atoms with van der Waals surface area (Å²) in [5.41, 5.74) is 1.73. The normalized spacial score (nSPS) is 10.5. The molecule has 10 nitrogen and oxygen atoms in total. The first-order valence-electron chi connectivity index (χ1n) is 8.45. The number of anilines is 2. The number of rotatable bonds is 7. The van der Waals surface area contributed by atoms with Crippen LogP contribution in [0.15, 0.2) is 36.4 Å². The van der Waals surface area contributed by atoms with Crippen molar-refractivity contribution in [1.82, 2.24) is 14.6 Å². The number of hydrogen-bond donors (Lipinski definition) is 3. The van der Waals surface area contributed by atoms with Crippen LogP contribution in [0.25, 0.3) is 5.65 Å². The van der Waals surface area contributed by atoms with Crippen molar-refractivity contribution in [1.29, 1.82) is 0 Å². The Balaban J connectivity index is 1.88. The van der Waals surface area contributed by atoms with Gasteiger partial charge in [-0.2, -0.15) is 4.98 Å². The number of carbonyl (C=O) groups is 2. The molecule has 1 amide bonds. The molecule has 0 atom stereocenters. The largest absolute Gasteiger partial charge is 0.497 e. The van der Waals surface area contributed by atoms with E-state index < -0.39 is 12.1 Å². The van der Waals surface area contributed by atoms with Gasteiger partial charge >= 0.3 is 12.1 Å². The van der Waals surface area contributed by atoms with Gasteiger partial charge in [-0.15, -0.1) is 5.10 Å². The van der Waals surface area contributed by atoms with Gasteiger partial charge in [0, 0.05) is 6.54 Å². The lowest BCUT2D eigenvalue weighted by Gasteiger charge is -2.09. The first kappa shape index (κ1) is 19.0. The molecule has 3 rings (SSSR count). The van der Waals surface area contributed by atoms with Crippen LogP contribution in [0.1, 0.15) is 23.0 Å². The van der Waals surface area contributed by atoms with Crippen LogP contribution < -0.4 is 15.4 Å². The minimum atomic E-state index is -1.17. The number of benzene rings is 1. The Morgan fingerprint density at radius 3 is 2.57 bits per heavy atom. The zero-order valence-electron chi connectivity index (χ0n) is 15.3. The van der Waals surface area contributed by atoms with Crippen molar-refractivity contribution in [2.75, 3.05) is 24.4 Å². The summed E-state index contributed by atoms with van der Waals surface area (Å²) in [6.45, 7) is 2.33. The lowest BCUT2D eigenvalue weighted by molar-refractivity contribution is 0.0687. The van der Waals surface area contributed by atoms with E-state index in [4.69, 9.17) is 9.47 Å². The van der Waals surface area contributed by atoms with Crippen molar-refractivity contribution in [3.63, 3.8) is 0 Å². The summed E-state index contributed by atoms with van der Waals surface area (Å²) in [5, 5.41) is 19.0. The molecule has 1 aromatic carbocycles. The molecule has 3 aromatic rings. The van der Waals surface area contributed by atoms with E-state index >= 15 is 0 Å². The third kappa shape index (κ3) is 4.11. The summed E-state index contributed by atoms with van der Waals surface area (Å²) in [6, 6.07) is 10.5. The third-order valence-corrected chi connectivity index (χ3v) is 3.83. The molecule has 3 N–H and O–H groups in total. The van der Waals surface area contributed by atoms with Gasteiger partial charge in [-0.05, 0) is 36.8 Å². The maximum Gasteiger partial charge on any atom is 0.414 e. The highest BCUT2D eigenvalue weighted by Gasteiger charge is 2.17. The zero-order chi connectivity index (χ0) is 20.1. The van der Waals surface area contributed by atoms with Crippen LogP contribution in [0.5, 0.6) is 5.75 Å². The number of methoxy groups -OCH3 is 1. The molecule has 0 saturated heterocycles. The molecule has 10 heteroatoms. The SMILES string of the molecule is CCOC(=O)Nc1nc2c(NCc3ccc(OC)cc3)ccc(C(=O)O)n2n1. The van der Waals surface area contributed by atoms with Gasteiger partial charge in [0.1, 0.15) is 5.75 Å². The van der Waals surface area contributed by atoms with Gasteiger partial charge in [0.2, 0.25) is 0 Å². The fraction of sp³-hybridized carbons (Fsp3) is 0.222. The van der Waals surface area contributed by atoms with E-state index in [0.29, 0.717) is 12.2 Å². The summed E-state index contributed by atoms with van der Waals surface area (Å²) >= 11 is 0. The molecule has 0 radical (unpaired) electrons. The Morgan fingerprint density at radius 1 is 1.18 bits per heavy atom. The van der Waals surface area contributed by atoms with Gasteiger partial charge in [0.25, 0.3) is 5.95 Å². The van der Waals surface area contributed by atoms with E-state index in [1.54, 1.807) is 20.1 Å². The number of nitrogens with zero attached hydrogens (tertiary/aromatic N) is 3. The van der Waals surface area contributed by atoms with Crippen molar-refractivity contribution < 1.29 is 24.2 Å². The highest BCUT2D eigenvalue weighted by Crippen LogP contribution is 2.21. The molecule has 28 heavy (non-hydrogen) atoms. The second kappa shape index (κ2) is 8.25. The molecule has 0 bridgehead atoms. The summed E-state index contributed by atoms with van der Waals surface area (Å²) in [7, 11) is 1.60. The zero-order valence-corrected chi connectivity index (χ0v) is 15.3. The van der Waals surface area contributed by atoms with Gasteiger partial charge in [-0.25, -0.2) is 14.1 Å². The lowest BCUT2D eigenvalue weighted by Crippen LogP contribution is -2.14. The lowest BCUT2D eigenvalue weighted by atomic mass is 10.2. The number of ether oxygens (including phenoxy) is 2. The molecule has 0 aliphatic heterocycles. The van der Waals surface area contributed by atoms with Crippen LogP contribution in [-0.2, 0) is 11.3 Å². The van der Waals surface area contributed by atoms with E-state index in [9.17, 15) is 14.7 Å². The molecule has 0 unspecified atom stereocenters. The van der Waals surface area contributed by atoms with E-state index in [1.165, 1.54) is 6.07 Å². The molecule has 2 heterocycles. The number of aromatic carboxylic acids is 1. The molecule has 0 saturated carbocycles. The number of pyridine rings is 1. The van der Waals surface area contributed by atoms with Gasteiger partial charge < -0.3 is 19.9 Å². The van der Waals surface area contributed by atoms with Crippen LogP contribution >= 0.6 is 0 Å². The second-order valence-corrected chi connectivity index (χ2v) is 5.66. The second-order valence-electron chi connectivity index (χ2n) is 5.66. The van der Waals surface area contributed by atoms with Crippen LogP contribution in [-0.4, -0.2) is 45.5 Å². The van der Waals surface area contributed by atoms with Gasteiger partial charge in [0.05, 0.1) is 19.4 Å². The number of nitrogens with one attached hydrogen (secondary N) is 2. The number of hydrogen-bond acceptors (Lipinski definition) is 7. The van der Waals surface area contributed by atoms with E-state index in [0.717, 1.165) is 15.8 Å². The quantitative estimate of drug-likeness (QED) is 0.566. The molecule has 0 fully saturated rings. The molecule has 0 spiro atoms. The van der Waals surface area contributed by atoms with Crippen molar-refractivity contribution in [2.45, 2.75) is 13.5 Å². The molecule has 0 aliphatic carbocycles. The number of amides is 1. The Bertz CT molecular complexity index is 1000. The molecule has 2 aromatic heterocycles. The summed E-state index contributed by atoms with van der Waals surface area (Å²) in [5.74, 6) is -0.469. The van der Waals surface area contributed by atoms with Crippen LogP contribution in [0.2, 0.25) is 0 Å². The Morgan fingerprint density at radius 2 is 1.93 bits per heavy atom. The van der Waals surface area contributed by atoms with E-state index in [-0.39, 0.29) is 23.9 Å². The van der Waals surface area contributed by atoms with Crippen molar-refractivity contribution >= 4 is 29.3 Å². The maximum absolute atomic E-state index is 11.6. The third-order valence-electron chi connectivity index (χ3n) is 3.83. The standard InChI is InChI=1S/C18H19N5O5/c1-3-28-18(26)21-17-20-15-13(8-9-14(16(24)25)23(15)22-17)19-10-11-4-6-12(27-2)7-5-11/h4-9,19H,3,10H2,1-2H3,(H,24,25)(H,21,22,26). The predicted molar refractivity (Wildman–Crippen MR) is 101 cm³/mol. The van der Waals surface area contributed by atoms with Crippen molar-refractivity contribution in [3.05, 3.63) is 47.7 Å². The van der Waals surface area contributed by atoms with Crippen molar-refractivity contribution in [3.8, 4) is 5.75 Å². The molecular weight excluding hydrogens is 366 g/mol. The summed E-state index contributed by atoms with van der Waals surface area (Å²) in [6.07, 6.45) is -0.719. The van der Waals surface area contributed by atoms with Crippen LogP contribution in [0.4, 0.5) is 16.4 Å². The summed E-state index contributed by atoms with van der Waals surface area (Å²) < 4.78 is 11.1. The summed E-state index contributed by atoms with van der Waals surface area (Å²) in [4.78, 5) is 27.3. The van der Waals surface area contributed by atoms with Crippen LogP contribution in [0.3, 0.4) is 0 Å². The fourth-order valence-corrected chi connectivity index (χ4v) is 2.51. The first-order valence-corrected chi connectivity index (χ1v) is 8.45. The van der Waals surface area contributed by atoms with Gasteiger partial charge in [-0.1, -0.05) is 12.1 Å². The number of carbonyl (C=O) groups excluding carboxylic acids is 1. The molecule has 146 valence electrons. The average Bonchev–Trinajstić information content (AvgIpc) is 3.09. The van der Waals surface area contributed by atoms with Gasteiger partial charge in [-0.3, -0.25) is 5.32 Å². The molecule has 0 aliphatic rings. The van der Waals surface area contributed by atoms with E-state index in [2.05, 4.69) is 20.7 Å². The smallest absolute Gasteiger partial charge is 0.414 e. The number of aromatic nitrogens is 3. The Labute approximate surface area is 160 Å². The van der Waals surface area contributed by atoms with E-state index in [1.807, 2.05) is 24.3 Å². The van der Waals surface area contributed by atoms with Crippen LogP contribution in [0, 0.1) is 0 Å². The minimum absolute atomic E-state index is 0.0559. The van der Waals surface area contributed by atoms with Crippen molar-refractivity contribution in [2.24, 2.45) is 0 Å². The average molecular weight is 385 g/mol. The maximum atomic E-state index is 11.6. The number of fused-ring (bicyclic) bond motifs is 1. The minimum Gasteiger partial charge on any atom is -0.497 e. The number of carboxylic acid groups (broad SMARTS) is 1. The number of carboxylic acids is 1. The van der Waals surface area contributed by atoms with Gasteiger partial charge in [0.15, 0.2) is 11.3 Å². The highest BCUT2D eigenvalue weighted by molar-refractivity contribution is 5.89. The predicted octanol–water partition coefficient (Wildman–Crippen LogP) is 2.62. The fourth-order valence-electron chi connectivity index (χ4n) is 2.51. The Kier molecular flexibility index (Phi) is 5.58. The molecular formula is C18H19N5O5. The monoisotopic (exact) mass is 385 g/mol. The first-order chi connectivity index (χ1) is 13.5. The highest BCUT2D eigenvalue weighted by atomic mass is 16.5. The Hall–Kier alpha value is -3.82.